The van der Waals surface area contributed by atoms with Gasteiger partial charge in [0, 0.05) is 48.5 Å². The Hall–Kier alpha value is -2.44. The molecular weight excluding hydrogens is 304 g/mol. The molecule has 0 radical (unpaired) electrons. The van der Waals surface area contributed by atoms with Crippen molar-refractivity contribution in [2.24, 2.45) is 5.92 Å². The molecule has 2 aromatic heterocycles. The topological polar surface area (TPSA) is 82.8 Å². The van der Waals surface area contributed by atoms with E-state index in [1.807, 2.05) is 42.7 Å². The zero-order chi connectivity index (χ0) is 16.4. The van der Waals surface area contributed by atoms with Crippen molar-refractivity contribution < 1.29 is 4.74 Å². The highest BCUT2D eigenvalue weighted by Crippen LogP contribution is 2.33. The lowest BCUT2D eigenvalue weighted by molar-refractivity contribution is 0.0905. The van der Waals surface area contributed by atoms with E-state index >= 15 is 0 Å². The molecule has 3 aromatic rings. The highest BCUT2D eigenvalue weighted by molar-refractivity contribution is 5.78. The fourth-order valence-corrected chi connectivity index (χ4v) is 3.34. The van der Waals surface area contributed by atoms with E-state index in [0.717, 1.165) is 41.6 Å². The zero-order valence-corrected chi connectivity index (χ0v) is 13.3. The Morgan fingerprint density at radius 1 is 1.33 bits per heavy atom. The molecule has 2 atom stereocenters. The van der Waals surface area contributed by atoms with Crippen molar-refractivity contribution in [3.05, 3.63) is 64.2 Å². The van der Waals surface area contributed by atoms with Gasteiger partial charge in [-0.1, -0.05) is 18.2 Å². The summed E-state index contributed by atoms with van der Waals surface area (Å²) in [5.74, 6) is 0.391. The van der Waals surface area contributed by atoms with Crippen LogP contribution in [0.2, 0.25) is 0 Å². The second kappa shape index (κ2) is 6.59. The predicted octanol–water partition coefficient (Wildman–Crippen LogP) is 2.12. The van der Waals surface area contributed by atoms with Gasteiger partial charge in [-0.05, 0) is 23.9 Å². The minimum absolute atomic E-state index is 0.0322. The monoisotopic (exact) mass is 324 g/mol. The number of aromatic amines is 2. The predicted molar refractivity (Wildman–Crippen MR) is 91.7 cm³/mol. The number of pyridine rings is 1. The summed E-state index contributed by atoms with van der Waals surface area (Å²) in [4.78, 5) is 15.1. The largest absolute Gasteiger partial charge is 0.373 e. The minimum Gasteiger partial charge on any atom is -0.373 e. The highest BCUT2D eigenvalue weighted by atomic mass is 16.5. The number of hydrogen-bond donors (Lipinski definition) is 3. The van der Waals surface area contributed by atoms with Crippen LogP contribution in [0.15, 0.2) is 47.5 Å². The number of para-hydroxylation sites is 1. The molecule has 1 fully saturated rings. The Morgan fingerprint density at radius 3 is 3.12 bits per heavy atom. The molecular formula is C18H20N4O2. The first kappa shape index (κ1) is 15.1. The molecule has 4 rings (SSSR count). The third-order valence-electron chi connectivity index (χ3n) is 4.61. The fraction of sp³-hybridized carbons (Fsp3) is 0.333. The summed E-state index contributed by atoms with van der Waals surface area (Å²) in [6, 6.07) is 9.78. The van der Waals surface area contributed by atoms with Gasteiger partial charge in [0.25, 0.3) is 5.56 Å². The molecule has 3 heterocycles. The van der Waals surface area contributed by atoms with Gasteiger partial charge in [0.05, 0.1) is 12.3 Å². The molecule has 0 saturated carbocycles. The molecule has 6 heteroatoms. The smallest absolute Gasteiger partial charge is 0.252 e. The van der Waals surface area contributed by atoms with Gasteiger partial charge in [-0.3, -0.25) is 9.89 Å². The van der Waals surface area contributed by atoms with Gasteiger partial charge < -0.3 is 15.0 Å². The van der Waals surface area contributed by atoms with E-state index in [0.29, 0.717) is 12.5 Å². The molecule has 124 valence electrons. The lowest BCUT2D eigenvalue weighted by atomic mass is 9.97. The number of benzene rings is 1. The molecule has 0 unspecified atom stereocenters. The van der Waals surface area contributed by atoms with E-state index in [2.05, 4.69) is 20.5 Å². The van der Waals surface area contributed by atoms with E-state index in [4.69, 9.17) is 4.74 Å². The van der Waals surface area contributed by atoms with Gasteiger partial charge >= 0.3 is 0 Å². The van der Waals surface area contributed by atoms with Crippen LogP contribution in [0, 0.1) is 5.92 Å². The van der Waals surface area contributed by atoms with Crippen LogP contribution < -0.4 is 10.9 Å². The van der Waals surface area contributed by atoms with Gasteiger partial charge in [-0.15, -0.1) is 0 Å². The molecule has 0 amide bonds. The summed E-state index contributed by atoms with van der Waals surface area (Å²) in [7, 11) is 0. The number of fused-ring (bicyclic) bond motifs is 1. The van der Waals surface area contributed by atoms with Gasteiger partial charge in [0.1, 0.15) is 0 Å². The van der Waals surface area contributed by atoms with E-state index in [9.17, 15) is 4.79 Å². The van der Waals surface area contributed by atoms with Crippen LogP contribution in [0.4, 0.5) is 0 Å². The molecule has 24 heavy (non-hydrogen) atoms. The highest BCUT2D eigenvalue weighted by Gasteiger charge is 2.29. The molecule has 6 nitrogen and oxygen atoms in total. The Labute approximate surface area is 139 Å². The third kappa shape index (κ3) is 2.98. The Bertz CT molecular complexity index is 872. The first-order valence-corrected chi connectivity index (χ1v) is 8.23. The maximum absolute atomic E-state index is 12.2. The molecule has 0 spiro atoms. The van der Waals surface area contributed by atoms with Crippen LogP contribution in [0.3, 0.4) is 0 Å². The van der Waals surface area contributed by atoms with E-state index in [-0.39, 0.29) is 11.7 Å². The maximum Gasteiger partial charge on any atom is 0.252 e. The second-order valence-electron chi connectivity index (χ2n) is 6.21. The summed E-state index contributed by atoms with van der Waals surface area (Å²) < 4.78 is 5.83. The summed E-state index contributed by atoms with van der Waals surface area (Å²) in [6.07, 6.45) is 4.79. The Kier molecular flexibility index (Phi) is 4.15. The number of H-pyrrole nitrogens is 2. The van der Waals surface area contributed by atoms with Crippen molar-refractivity contribution in [2.75, 3.05) is 13.2 Å². The average molecular weight is 324 g/mol. The van der Waals surface area contributed by atoms with Crippen LogP contribution in [-0.4, -0.2) is 28.3 Å². The van der Waals surface area contributed by atoms with Crippen molar-refractivity contribution in [1.29, 1.82) is 0 Å². The molecule has 1 aromatic carbocycles. The average Bonchev–Trinajstić information content (AvgIpc) is 3.26. The van der Waals surface area contributed by atoms with E-state index < -0.39 is 0 Å². The molecule has 3 N–H and O–H groups in total. The van der Waals surface area contributed by atoms with Gasteiger partial charge in [0.2, 0.25) is 0 Å². The third-order valence-corrected chi connectivity index (χ3v) is 4.61. The van der Waals surface area contributed by atoms with Gasteiger partial charge in [-0.25, -0.2) is 0 Å². The standard InChI is InChI=1S/C18H20N4O2/c23-18-14(7-12-3-1-2-4-16(12)22-18)9-19-8-13-5-6-24-17(13)15-10-20-21-11-15/h1-4,7,10-11,13,17,19H,5-6,8-9H2,(H,20,21)(H,22,23)/t13-,17+/m1/s1. The van der Waals surface area contributed by atoms with Gasteiger partial charge in [0.15, 0.2) is 0 Å². The number of nitrogens with one attached hydrogen (secondary N) is 3. The minimum atomic E-state index is -0.0322. The second-order valence-corrected chi connectivity index (χ2v) is 6.21. The van der Waals surface area contributed by atoms with Gasteiger partial charge in [-0.2, -0.15) is 5.10 Å². The number of hydrogen-bond acceptors (Lipinski definition) is 4. The van der Waals surface area contributed by atoms with Crippen LogP contribution in [0.25, 0.3) is 10.9 Å². The lowest BCUT2D eigenvalue weighted by Gasteiger charge is -2.17. The van der Waals surface area contributed by atoms with Crippen LogP contribution >= 0.6 is 0 Å². The molecule has 1 aliphatic rings. The summed E-state index contributed by atoms with van der Waals surface area (Å²) in [5, 5.41) is 11.3. The van der Waals surface area contributed by atoms with Crippen LogP contribution in [-0.2, 0) is 11.3 Å². The van der Waals surface area contributed by atoms with Crippen molar-refractivity contribution in [3.8, 4) is 0 Å². The van der Waals surface area contributed by atoms with Crippen LogP contribution in [0.5, 0.6) is 0 Å². The normalized spacial score (nSPS) is 20.7. The number of ether oxygens (including phenoxy) is 1. The Morgan fingerprint density at radius 2 is 2.25 bits per heavy atom. The van der Waals surface area contributed by atoms with E-state index in [1.54, 1.807) is 0 Å². The Balaban J connectivity index is 1.42. The van der Waals surface area contributed by atoms with E-state index in [1.165, 1.54) is 0 Å². The van der Waals surface area contributed by atoms with Crippen molar-refractivity contribution >= 4 is 10.9 Å². The lowest BCUT2D eigenvalue weighted by Crippen LogP contribution is -2.27. The number of rotatable bonds is 5. The summed E-state index contributed by atoms with van der Waals surface area (Å²) in [5.41, 5.74) is 2.68. The quantitative estimate of drug-likeness (QED) is 0.671. The summed E-state index contributed by atoms with van der Waals surface area (Å²) in [6.45, 7) is 2.12. The first-order valence-electron chi connectivity index (χ1n) is 8.23. The van der Waals surface area contributed by atoms with Crippen molar-refractivity contribution in [1.82, 2.24) is 20.5 Å². The van der Waals surface area contributed by atoms with Crippen molar-refractivity contribution in [2.45, 2.75) is 19.1 Å². The van der Waals surface area contributed by atoms with Crippen LogP contribution in [0.1, 0.15) is 23.7 Å². The van der Waals surface area contributed by atoms with Crippen molar-refractivity contribution in [3.63, 3.8) is 0 Å². The molecule has 0 aliphatic carbocycles. The SMILES string of the molecule is O=c1[nH]c2ccccc2cc1CNC[C@H]1CCO[C@@H]1c1cn[nH]c1. The summed E-state index contributed by atoms with van der Waals surface area (Å²) >= 11 is 0. The molecule has 1 saturated heterocycles. The molecule has 0 bridgehead atoms. The zero-order valence-electron chi connectivity index (χ0n) is 13.3. The first-order chi connectivity index (χ1) is 11.8. The molecule has 1 aliphatic heterocycles. The number of aromatic nitrogens is 3. The number of nitrogens with zero attached hydrogens (tertiary/aromatic N) is 1. The maximum atomic E-state index is 12.2. The fourth-order valence-electron chi connectivity index (χ4n) is 3.34.